The molecule has 0 radical (unpaired) electrons. The van der Waals surface area contributed by atoms with Gasteiger partial charge in [-0.15, -0.1) is 0 Å². The largest absolute Gasteiger partial charge is 0.481 e. The smallest absolute Gasteiger partial charge is 0.303 e. The second-order valence-electron chi connectivity index (χ2n) is 17.4. The summed E-state index contributed by atoms with van der Waals surface area (Å²) >= 11 is 0. The fraction of sp³-hybridized carbons (Fsp3) is 0.892. The van der Waals surface area contributed by atoms with Crippen LogP contribution < -0.4 is 0 Å². The molecule has 8 heteroatoms. The number of carboxylic acids is 1. The first-order valence-corrected chi connectivity index (χ1v) is 23.9. The van der Waals surface area contributed by atoms with Gasteiger partial charge in [0.25, 0.3) is 0 Å². The molecule has 2 saturated carbocycles. The zero-order valence-electron chi connectivity index (χ0n) is 31.2. The summed E-state index contributed by atoms with van der Waals surface area (Å²) < 4.78 is 20.4. The first kappa shape index (κ1) is 40.2. The summed E-state index contributed by atoms with van der Waals surface area (Å²) in [6.07, 6.45) is 17.5. The summed E-state index contributed by atoms with van der Waals surface area (Å²) in [4.78, 5) is 23.2. The SMILES string of the molecule is CCCC1(C(C/C=C/[C@H]2[C@H](O[Si](C)(C)C(C)(C)C)CC(OC(C)=O)[C@@H]2CCCCCCC(=O)O)O[Si](C)(C)C(C)(C)C)CCC1. The Kier molecular flexibility index (Phi) is 14.7. The lowest BCUT2D eigenvalue weighted by atomic mass is 9.62. The summed E-state index contributed by atoms with van der Waals surface area (Å²) in [7, 11) is -4.03. The standard InChI is InChI=1S/C37H70O6Si2/c1-13-24-37(25-19-26-37)33(43-45(11,12)36(6,7)8)22-18-21-30-29(20-16-14-15-17-23-34(39)40)31(41-28(2)38)27-32(30)42-44(9,10)35(3,4)5/h18,21,29-33H,13-17,19-20,22-27H2,1-12H3,(H,39,40)/b21-18+/t29-,30-,31?,32-,33?/m1/s1. The molecule has 6 nitrogen and oxygen atoms in total. The number of ether oxygens (including phenoxy) is 1. The topological polar surface area (TPSA) is 82.1 Å². The number of hydrogen-bond acceptors (Lipinski definition) is 5. The van der Waals surface area contributed by atoms with E-state index in [9.17, 15) is 9.59 Å². The van der Waals surface area contributed by atoms with E-state index >= 15 is 0 Å². The molecule has 45 heavy (non-hydrogen) atoms. The van der Waals surface area contributed by atoms with Crippen molar-refractivity contribution in [1.29, 1.82) is 0 Å². The molecule has 5 atom stereocenters. The lowest BCUT2D eigenvalue weighted by molar-refractivity contribution is -0.148. The molecule has 0 aromatic heterocycles. The van der Waals surface area contributed by atoms with Gasteiger partial charge in [-0.25, -0.2) is 0 Å². The number of hydrogen-bond donors (Lipinski definition) is 1. The number of carbonyl (C=O) groups excluding carboxylic acids is 1. The van der Waals surface area contributed by atoms with Crippen molar-refractivity contribution < 1.29 is 28.3 Å². The minimum absolute atomic E-state index is 0.0107. The number of aliphatic carboxylic acids is 1. The molecule has 262 valence electrons. The average Bonchev–Trinajstić information content (AvgIpc) is 3.15. The van der Waals surface area contributed by atoms with Gasteiger partial charge in [0.15, 0.2) is 16.6 Å². The normalized spacial score (nSPS) is 24.9. The predicted octanol–water partition coefficient (Wildman–Crippen LogP) is 10.7. The van der Waals surface area contributed by atoms with Gasteiger partial charge < -0.3 is 18.7 Å². The highest BCUT2D eigenvalue weighted by atomic mass is 28.4. The lowest BCUT2D eigenvalue weighted by Gasteiger charge is -2.51. The van der Waals surface area contributed by atoms with Crippen molar-refractivity contribution >= 4 is 28.6 Å². The van der Waals surface area contributed by atoms with Gasteiger partial charge >= 0.3 is 11.9 Å². The van der Waals surface area contributed by atoms with Gasteiger partial charge in [-0.3, -0.25) is 9.59 Å². The second-order valence-corrected chi connectivity index (χ2v) is 26.9. The zero-order valence-corrected chi connectivity index (χ0v) is 33.2. The molecule has 0 bridgehead atoms. The summed E-state index contributed by atoms with van der Waals surface area (Å²) in [5, 5.41) is 9.27. The predicted molar refractivity (Wildman–Crippen MR) is 192 cm³/mol. The number of rotatable bonds is 18. The molecule has 2 aliphatic rings. The minimum atomic E-state index is -2.07. The molecule has 2 rings (SSSR count). The maximum atomic E-state index is 12.3. The molecular formula is C37H70O6Si2. The number of esters is 1. The molecule has 2 unspecified atom stereocenters. The van der Waals surface area contributed by atoms with Gasteiger partial charge in [0.1, 0.15) is 6.10 Å². The maximum absolute atomic E-state index is 12.3. The van der Waals surface area contributed by atoms with Crippen LogP contribution in [0.1, 0.15) is 139 Å². The maximum Gasteiger partial charge on any atom is 0.303 e. The molecule has 0 heterocycles. The summed E-state index contributed by atoms with van der Waals surface area (Å²) in [6, 6.07) is 0. The van der Waals surface area contributed by atoms with Crippen LogP contribution in [0.4, 0.5) is 0 Å². The Balaban J connectivity index is 2.38. The van der Waals surface area contributed by atoms with Crippen LogP contribution in [0.15, 0.2) is 12.2 Å². The van der Waals surface area contributed by atoms with Crippen LogP contribution >= 0.6 is 0 Å². The third-order valence-electron chi connectivity index (χ3n) is 11.8. The van der Waals surface area contributed by atoms with E-state index in [0.29, 0.717) is 6.42 Å². The molecule has 0 aromatic carbocycles. The van der Waals surface area contributed by atoms with E-state index in [2.05, 4.69) is 86.8 Å². The third kappa shape index (κ3) is 11.3. The lowest BCUT2D eigenvalue weighted by Crippen LogP contribution is -2.51. The van der Waals surface area contributed by atoms with Crippen molar-refractivity contribution in [2.45, 2.75) is 193 Å². The van der Waals surface area contributed by atoms with Crippen molar-refractivity contribution in [2.24, 2.45) is 17.3 Å². The molecule has 0 saturated heterocycles. The van der Waals surface area contributed by atoms with Crippen molar-refractivity contribution in [1.82, 2.24) is 0 Å². The molecular weight excluding hydrogens is 597 g/mol. The Bertz CT molecular complexity index is 972. The van der Waals surface area contributed by atoms with Gasteiger partial charge in [0.05, 0.1) is 12.2 Å². The Hall–Kier alpha value is -0.966. The van der Waals surface area contributed by atoms with Crippen molar-refractivity contribution in [3.05, 3.63) is 12.2 Å². The molecule has 0 spiro atoms. The van der Waals surface area contributed by atoms with E-state index in [-0.39, 0.29) is 58.0 Å². The molecule has 1 N–H and O–H groups in total. The van der Waals surface area contributed by atoms with Crippen molar-refractivity contribution in [3.8, 4) is 0 Å². The summed E-state index contributed by atoms with van der Waals surface area (Å²) in [5.74, 6) is -0.599. The quantitative estimate of drug-likeness (QED) is 0.0678. The number of unbranched alkanes of at least 4 members (excludes halogenated alkanes) is 3. The van der Waals surface area contributed by atoms with Crippen LogP contribution in [0.25, 0.3) is 0 Å². The van der Waals surface area contributed by atoms with Gasteiger partial charge in [-0.1, -0.05) is 92.7 Å². The van der Waals surface area contributed by atoms with Gasteiger partial charge in [0.2, 0.25) is 0 Å². The zero-order chi connectivity index (χ0) is 34.3. The highest BCUT2D eigenvalue weighted by Crippen LogP contribution is 2.52. The van der Waals surface area contributed by atoms with Crippen LogP contribution in [0, 0.1) is 17.3 Å². The van der Waals surface area contributed by atoms with Crippen molar-refractivity contribution in [3.63, 3.8) is 0 Å². The van der Waals surface area contributed by atoms with E-state index in [1.807, 2.05) is 0 Å². The van der Waals surface area contributed by atoms with Crippen LogP contribution in [0.2, 0.25) is 36.3 Å². The van der Waals surface area contributed by atoms with Gasteiger partial charge in [-0.05, 0) is 80.2 Å². The fourth-order valence-corrected chi connectivity index (χ4v) is 9.72. The van der Waals surface area contributed by atoms with E-state index in [1.54, 1.807) is 0 Å². The van der Waals surface area contributed by atoms with Crippen LogP contribution in [0.3, 0.4) is 0 Å². The number of carbonyl (C=O) groups is 2. The summed E-state index contributed by atoms with van der Waals surface area (Å²) in [6.45, 7) is 27.1. The Morgan fingerprint density at radius 1 is 0.933 bits per heavy atom. The van der Waals surface area contributed by atoms with E-state index < -0.39 is 22.6 Å². The first-order chi connectivity index (χ1) is 20.7. The first-order valence-electron chi connectivity index (χ1n) is 18.1. The van der Waals surface area contributed by atoms with Crippen LogP contribution in [-0.4, -0.2) is 52.0 Å². The second kappa shape index (κ2) is 16.4. The Labute approximate surface area is 279 Å². The highest BCUT2D eigenvalue weighted by Gasteiger charge is 2.50. The molecule has 0 amide bonds. The van der Waals surface area contributed by atoms with Gasteiger partial charge in [-0.2, -0.15) is 0 Å². The summed E-state index contributed by atoms with van der Waals surface area (Å²) in [5.41, 5.74) is 0.275. The molecule has 2 fully saturated rings. The van der Waals surface area contributed by atoms with Crippen LogP contribution in [-0.2, 0) is 23.2 Å². The van der Waals surface area contributed by atoms with Crippen LogP contribution in [0.5, 0.6) is 0 Å². The molecule has 2 aliphatic carbocycles. The van der Waals surface area contributed by atoms with E-state index in [1.165, 1.54) is 39.0 Å². The fourth-order valence-electron chi connectivity index (χ4n) is 6.95. The van der Waals surface area contributed by atoms with Gasteiger partial charge in [0, 0.05) is 31.6 Å². The Morgan fingerprint density at radius 2 is 1.53 bits per heavy atom. The molecule has 0 aliphatic heterocycles. The third-order valence-corrected chi connectivity index (χ3v) is 20.8. The van der Waals surface area contributed by atoms with E-state index in [0.717, 1.165) is 38.5 Å². The van der Waals surface area contributed by atoms with E-state index in [4.69, 9.17) is 18.7 Å². The molecule has 0 aromatic rings. The van der Waals surface area contributed by atoms with Crippen molar-refractivity contribution in [2.75, 3.05) is 0 Å². The average molecular weight is 667 g/mol. The minimum Gasteiger partial charge on any atom is -0.481 e. The monoisotopic (exact) mass is 666 g/mol. The highest BCUT2D eigenvalue weighted by molar-refractivity contribution is 6.74. The Morgan fingerprint density at radius 3 is 2.02 bits per heavy atom. The number of carboxylic acid groups (broad SMARTS) is 1.